The molecule has 0 aliphatic carbocycles. The van der Waals surface area contributed by atoms with Gasteiger partial charge in [-0.05, 0) is 35.7 Å². The van der Waals surface area contributed by atoms with E-state index in [-0.39, 0.29) is 0 Å². The molecule has 0 aliphatic rings. The van der Waals surface area contributed by atoms with Crippen LogP contribution in [0.4, 0.5) is 11.5 Å². The maximum absolute atomic E-state index is 6.15. The Morgan fingerprint density at radius 2 is 1.86 bits per heavy atom. The molecule has 0 saturated carbocycles. The minimum absolute atomic E-state index is 0.679. The van der Waals surface area contributed by atoms with Crippen molar-refractivity contribution < 1.29 is 0 Å². The van der Waals surface area contributed by atoms with Gasteiger partial charge in [-0.1, -0.05) is 35.9 Å². The first-order valence-corrected chi connectivity index (χ1v) is 8.10. The van der Waals surface area contributed by atoms with Crippen LogP contribution in [0.15, 0.2) is 66.2 Å². The van der Waals surface area contributed by atoms with Crippen molar-refractivity contribution in [1.29, 1.82) is 0 Å². The van der Waals surface area contributed by atoms with Crippen LogP contribution in [0.1, 0.15) is 0 Å². The highest BCUT2D eigenvalue weighted by atomic mass is 35.5. The van der Waals surface area contributed by atoms with Crippen molar-refractivity contribution >= 4 is 40.1 Å². The fourth-order valence-corrected chi connectivity index (χ4v) is 3.26. The minimum Gasteiger partial charge on any atom is -0.339 e. The second-order valence-electron chi connectivity index (χ2n) is 4.85. The number of rotatable bonds is 3. The maximum atomic E-state index is 6.15. The number of hydrogen-bond donors (Lipinski definition) is 1. The van der Waals surface area contributed by atoms with Crippen LogP contribution in [0, 0.1) is 0 Å². The molecule has 4 rings (SSSR count). The van der Waals surface area contributed by atoms with Gasteiger partial charge in [0.25, 0.3) is 0 Å². The summed E-state index contributed by atoms with van der Waals surface area (Å²) >= 11 is 7.83. The SMILES string of the molecule is Clc1ccc2nc(-c3cccs3)c(Nc3ccccc3)n2c1. The molecule has 4 aromatic rings. The number of imidazole rings is 1. The molecule has 0 bridgehead atoms. The van der Waals surface area contributed by atoms with Crippen molar-refractivity contribution in [2.45, 2.75) is 0 Å². The Bertz CT molecular complexity index is 914. The summed E-state index contributed by atoms with van der Waals surface area (Å²) in [5, 5.41) is 6.19. The zero-order valence-electron chi connectivity index (χ0n) is 11.5. The van der Waals surface area contributed by atoms with Crippen molar-refractivity contribution in [2.24, 2.45) is 0 Å². The Labute approximate surface area is 136 Å². The van der Waals surface area contributed by atoms with Crippen molar-refractivity contribution in [3.8, 4) is 10.6 Å². The highest BCUT2D eigenvalue weighted by Crippen LogP contribution is 2.34. The second-order valence-corrected chi connectivity index (χ2v) is 6.24. The third-order valence-corrected chi connectivity index (χ3v) is 4.47. The average Bonchev–Trinajstić information content (AvgIpc) is 3.17. The van der Waals surface area contributed by atoms with Gasteiger partial charge in [0.15, 0.2) is 0 Å². The lowest BCUT2D eigenvalue weighted by Crippen LogP contribution is -1.96. The second kappa shape index (κ2) is 5.48. The number of benzene rings is 1. The van der Waals surface area contributed by atoms with Crippen LogP contribution in [-0.2, 0) is 0 Å². The molecule has 3 heterocycles. The van der Waals surface area contributed by atoms with Gasteiger partial charge in [0.05, 0.1) is 9.90 Å². The number of aromatic nitrogens is 2. The third-order valence-electron chi connectivity index (χ3n) is 3.37. The molecule has 1 aromatic carbocycles. The summed E-state index contributed by atoms with van der Waals surface area (Å²) in [6.45, 7) is 0. The predicted octanol–water partition coefficient (Wildman–Crippen LogP) is 5.46. The van der Waals surface area contributed by atoms with E-state index in [1.165, 1.54) is 0 Å². The number of thiophene rings is 1. The van der Waals surface area contributed by atoms with Crippen LogP contribution in [0.2, 0.25) is 5.02 Å². The van der Waals surface area contributed by atoms with E-state index >= 15 is 0 Å². The van der Waals surface area contributed by atoms with Crippen molar-refractivity contribution in [3.05, 3.63) is 71.2 Å². The lowest BCUT2D eigenvalue weighted by Gasteiger charge is -2.08. The normalized spacial score (nSPS) is 11.0. The number of fused-ring (bicyclic) bond motifs is 1. The van der Waals surface area contributed by atoms with E-state index in [4.69, 9.17) is 16.6 Å². The van der Waals surface area contributed by atoms with E-state index in [9.17, 15) is 0 Å². The maximum Gasteiger partial charge on any atom is 0.144 e. The predicted molar refractivity (Wildman–Crippen MR) is 93.2 cm³/mol. The smallest absolute Gasteiger partial charge is 0.144 e. The van der Waals surface area contributed by atoms with E-state index in [0.717, 1.165) is 27.7 Å². The zero-order valence-corrected chi connectivity index (χ0v) is 13.1. The third kappa shape index (κ3) is 2.36. The van der Waals surface area contributed by atoms with Gasteiger partial charge in [-0.15, -0.1) is 11.3 Å². The number of hydrogen-bond acceptors (Lipinski definition) is 3. The largest absolute Gasteiger partial charge is 0.339 e. The quantitative estimate of drug-likeness (QED) is 0.542. The van der Waals surface area contributed by atoms with E-state index in [1.807, 2.05) is 59.1 Å². The lowest BCUT2D eigenvalue weighted by molar-refractivity contribution is 1.18. The van der Waals surface area contributed by atoms with Gasteiger partial charge in [0.1, 0.15) is 17.2 Å². The van der Waals surface area contributed by atoms with Crippen LogP contribution >= 0.6 is 22.9 Å². The molecule has 0 unspecified atom stereocenters. The molecule has 3 aromatic heterocycles. The molecule has 22 heavy (non-hydrogen) atoms. The van der Waals surface area contributed by atoms with Gasteiger partial charge in [0.2, 0.25) is 0 Å². The minimum atomic E-state index is 0.679. The number of nitrogens with one attached hydrogen (secondary N) is 1. The lowest BCUT2D eigenvalue weighted by atomic mass is 10.3. The molecule has 1 N–H and O–H groups in total. The van der Waals surface area contributed by atoms with Gasteiger partial charge >= 0.3 is 0 Å². The fraction of sp³-hybridized carbons (Fsp3) is 0. The first-order chi connectivity index (χ1) is 10.8. The Morgan fingerprint density at radius 1 is 1.00 bits per heavy atom. The van der Waals surface area contributed by atoms with Crippen molar-refractivity contribution in [2.75, 3.05) is 5.32 Å². The molecule has 0 spiro atoms. The summed E-state index contributed by atoms with van der Waals surface area (Å²) in [4.78, 5) is 5.87. The number of halogens is 1. The topological polar surface area (TPSA) is 29.3 Å². The summed E-state index contributed by atoms with van der Waals surface area (Å²) in [5.41, 5.74) is 2.81. The van der Waals surface area contributed by atoms with Crippen molar-refractivity contribution in [3.63, 3.8) is 0 Å². The van der Waals surface area contributed by atoms with Gasteiger partial charge in [0, 0.05) is 11.9 Å². The molecule has 0 radical (unpaired) electrons. The number of anilines is 2. The molecule has 0 saturated heterocycles. The summed E-state index contributed by atoms with van der Waals surface area (Å²) in [6, 6.07) is 17.9. The Hall–Kier alpha value is -2.30. The summed E-state index contributed by atoms with van der Waals surface area (Å²) in [5.74, 6) is 0.922. The van der Waals surface area contributed by atoms with Crippen molar-refractivity contribution in [1.82, 2.24) is 9.38 Å². The average molecular weight is 326 g/mol. The zero-order chi connectivity index (χ0) is 14.9. The number of para-hydroxylation sites is 1. The molecule has 5 heteroatoms. The van der Waals surface area contributed by atoms with Crippen LogP contribution in [-0.4, -0.2) is 9.38 Å². The highest BCUT2D eigenvalue weighted by Gasteiger charge is 2.15. The molecule has 0 amide bonds. The monoisotopic (exact) mass is 325 g/mol. The molecule has 0 atom stereocenters. The Morgan fingerprint density at radius 3 is 2.64 bits per heavy atom. The van der Waals surface area contributed by atoms with E-state index in [2.05, 4.69) is 16.8 Å². The molecule has 0 aliphatic heterocycles. The van der Waals surface area contributed by atoms with Gasteiger partial charge in [-0.2, -0.15) is 0 Å². The molecule has 3 nitrogen and oxygen atoms in total. The van der Waals surface area contributed by atoms with E-state index < -0.39 is 0 Å². The Kier molecular flexibility index (Phi) is 3.33. The summed E-state index contributed by atoms with van der Waals surface area (Å²) < 4.78 is 1.99. The fourth-order valence-electron chi connectivity index (χ4n) is 2.38. The van der Waals surface area contributed by atoms with E-state index in [0.29, 0.717) is 5.02 Å². The number of nitrogens with zero attached hydrogens (tertiary/aromatic N) is 2. The number of pyridine rings is 1. The van der Waals surface area contributed by atoms with Gasteiger partial charge in [-0.3, -0.25) is 4.40 Å². The van der Waals surface area contributed by atoms with Crippen LogP contribution in [0.3, 0.4) is 0 Å². The first-order valence-electron chi connectivity index (χ1n) is 6.85. The molecule has 108 valence electrons. The van der Waals surface area contributed by atoms with Gasteiger partial charge in [-0.25, -0.2) is 4.98 Å². The van der Waals surface area contributed by atoms with E-state index in [1.54, 1.807) is 11.3 Å². The molecular formula is C17H12ClN3S. The highest BCUT2D eigenvalue weighted by molar-refractivity contribution is 7.13. The molecule has 0 fully saturated rings. The first kappa shape index (κ1) is 13.4. The Balaban J connectivity index is 1.93. The van der Waals surface area contributed by atoms with Gasteiger partial charge < -0.3 is 5.32 Å². The molecular weight excluding hydrogens is 314 g/mol. The standard InChI is InChI=1S/C17H12ClN3S/c18-12-8-9-15-20-16(14-7-4-10-22-14)17(21(15)11-12)19-13-5-2-1-3-6-13/h1-11,19H. The van der Waals surface area contributed by atoms with Crippen LogP contribution in [0.25, 0.3) is 16.2 Å². The summed E-state index contributed by atoms with van der Waals surface area (Å²) in [7, 11) is 0. The van der Waals surface area contributed by atoms with Crippen LogP contribution < -0.4 is 5.32 Å². The van der Waals surface area contributed by atoms with Crippen LogP contribution in [0.5, 0.6) is 0 Å². The summed E-state index contributed by atoms with van der Waals surface area (Å²) in [6.07, 6.45) is 1.88.